The lowest BCUT2D eigenvalue weighted by Gasteiger charge is -2.39. The first-order valence-corrected chi connectivity index (χ1v) is 10.8. The van der Waals surface area contributed by atoms with Crippen molar-refractivity contribution >= 4 is 9.84 Å². The molecule has 1 heterocycles. The maximum Gasteiger partial charge on any atom is 0.379 e. The maximum atomic E-state index is 15.7. The number of nitrogens with zero attached hydrogens (tertiary/aromatic N) is 3. The predicted octanol–water partition coefficient (Wildman–Crippen LogP) is 3.70. The first-order valence-electron chi connectivity index (χ1n) is 9.19. The molecule has 0 aliphatic rings. The van der Waals surface area contributed by atoms with Crippen LogP contribution in [0.1, 0.15) is 18.1 Å². The van der Waals surface area contributed by atoms with E-state index in [2.05, 4.69) is 10.1 Å². The van der Waals surface area contributed by atoms with Gasteiger partial charge in [0.1, 0.15) is 24.3 Å². The fraction of sp³-hybridized carbons (Fsp3) is 0.300. The summed E-state index contributed by atoms with van der Waals surface area (Å²) in [7, 11) is -5.12. The van der Waals surface area contributed by atoms with Gasteiger partial charge < -0.3 is 4.74 Å². The Morgan fingerprint density at radius 1 is 1.10 bits per heavy atom. The summed E-state index contributed by atoms with van der Waals surface area (Å²) >= 11 is 0. The van der Waals surface area contributed by atoms with E-state index < -0.39 is 56.8 Å². The van der Waals surface area contributed by atoms with Crippen LogP contribution in [0.2, 0.25) is 0 Å². The average Bonchev–Trinajstić information content (AvgIpc) is 3.25. The van der Waals surface area contributed by atoms with Crippen LogP contribution in [0.15, 0.2) is 61.2 Å². The third-order valence-electron chi connectivity index (χ3n) is 4.79. The van der Waals surface area contributed by atoms with Gasteiger partial charge in [0.25, 0.3) is 0 Å². The Balaban J connectivity index is 2.25. The summed E-state index contributed by atoms with van der Waals surface area (Å²) in [6, 6.07) is 10.0. The zero-order valence-corrected chi connectivity index (χ0v) is 17.2. The molecule has 11 heteroatoms. The van der Waals surface area contributed by atoms with Gasteiger partial charge in [-0.3, -0.25) is 0 Å². The third-order valence-corrected chi connectivity index (χ3v) is 6.66. The van der Waals surface area contributed by atoms with Gasteiger partial charge in [0.05, 0.1) is 18.9 Å². The van der Waals surface area contributed by atoms with Crippen molar-refractivity contribution in [1.82, 2.24) is 14.8 Å². The van der Waals surface area contributed by atoms with E-state index in [1.807, 2.05) is 0 Å². The minimum Gasteiger partial charge on any atom is -0.356 e. The van der Waals surface area contributed by atoms with E-state index in [-0.39, 0.29) is 0 Å². The molecule has 0 N–H and O–H groups in total. The van der Waals surface area contributed by atoms with Crippen LogP contribution in [0.4, 0.5) is 17.6 Å². The SMILES string of the molecule is CCS(=O)(=O)C(F)(F)C(Cn1cncn1)(OCc1ccccc1)c1ccc(F)cc1F. The molecule has 1 unspecified atom stereocenters. The second-order valence-electron chi connectivity index (χ2n) is 6.74. The van der Waals surface area contributed by atoms with Crippen molar-refractivity contribution < 1.29 is 30.7 Å². The van der Waals surface area contributed by atoms with Crippen molar-refractivity contribution in [2.24, 2.45) is 0 Å². The highest BCUT2D eigenvalue weighted by Crippen LogP contribution is 2.47. The molecule has 31 heavy (non-hydrogen) atoms. The van der Waals surface area contributed by atoms with Crippen LogP contribution >= 0.6 is 0 Å². The summed E-state index contributed by atoms with van der Waals surface area (Å²) in [6.07, 6.45) is 2.12. The van der Waals surface area contributed by atoms with Crippen LogP contribution in [0.5, 0.6) is 0 Å². The van der Waals surface area contributed by atoms with Crippen LogP contribution in [0.25, 0.3) is 0 Å². The number of halogens is 4. The molecule has 0 fully saturated rings. The summed E-state index contributed by atoms with van der Waals surface area (Å²) in [4.78, 5) is 3.67. The van der Waals surface area contributed by atoms with Crippen molar-refractivity contribution in [1.29, 1.82) is 0 Å². The first-order chi connectivity index (χ1) is 14.6. The van der Waals surface area contributed by atoms with Crippen molar-refractivity contribution in [2.45, 2.75) is 30.9 Å². The van der Waals surface area contributed by atoms with Gasteiger partial charge in [-0.1, -0.05) is 37.3 Å². The number of hydrogen-bond acceptors (Lipinski definition) is 5. The van der Waals surface area contributed by atoms with E-state index in [1.165, 1.54) is 0 Å². The molecular formula is C20H19F4N3O3S. The van der Waals surface area contributed by atoms with Gasteiger partial charge in [0, 0.05) is 11.6 Å². The van der Waals surface area contributed by atoms with Gasteiger partial charge in [0.2, 0.25) is 9.84 Å². The van der Waals surface area contributed by atoms with E-state index >= 15 is 8.78 Å². The van der Waals surface area contributed by atoms with E-state index in [0.717, 1.165) is 36.4 Å². The lowest BCUT2D eigenvalue weighted by Crippen LogP contribution is -2.56. The molecule has 0 saturated carbocycles. The Kier molecular flexibility index (Phi) is 6.46. The van der Waals surface area contributed by atoms with Crippen LogP contribution in [-0.2, 0) is 33.3 Å². The maximum absolute atomic E-state index is 15.7. The fourth-order valence-corrected chi connectivity index (χ4v) is 4.21. The highest BCUT2D eigenvalue weighted by atomic mass is 32.2. The Morgan fingerprint density at radius 2 is 1.81 bits per heavy atom. The van der Waals surface area contributed by atoms with Crippen molar-refractivity contribution in [3.05, 3.63) is 83.9 Å². The first kappa shape index (κ1) is 22.9. The highest BCUT2D eigenvalue weighted by molar-refractivity contribution is 7.92. The Labute approximate surface area is 176 Å². The zero-order valence-electron chi connectivity index (χ0n) is 16.4. The van der Waals surface area contributed by atoms with Gasteiger partial charge in [-0.15, -0.1) is 0 Å². The number of ether oxygens (including phenoxy) is 1. The minimum atomic E-state index is -5.12. The molecule has 0 radical (unpaired) electrons. The van der Waals surface area contributed by atoms with Crippen molar-refractivity contribution in [3.8, 4) is 0 Å². The van der Waals surface area contributed by atoms with Crippen molar-refractivity contribution in [3.63, 3.8) is 0 Å². The molecule has 166 valence electrons. The molecule has 0 amide bonds. The lowest BCUT2D eigenvalue weighted by molar-refractivity contribution is -0.189. The summed E-state index contributed by atoms with van der Waals surface area (Å²) < 4.78 is 91.3. The fourth-order valence-electron chi connectivity index (χ4n) is 3.11. The Hall–Kier alpha value is -2.79. The Bertz CT molecular complexity index is 1130. The van der Waals surface area contributed by atoms with E-state index in [1.54, 1.807) is 30.3 Å². The molecule has 0 aliphatic heterocycles. The smallest absolute Gasteiger partial charge is 0.356 e. The van der Waals surface area contributed by atoms with E-state index in [9.17, 15) is 17.2 Å². The molecule has 0 spiro atoms. The summed E-state index contributed by atoms with van der Waals surface area (Å²) in [5.74, 6) is -3.32. The highest BCUT2D eigenvalue weighted by Gasteiger charge is 2.65. The summed E-state index contributed by atoms with van der Waals surface area (Å²) in [6.45, 7) is -0.322. The molecule has 3 rings (SSSR count). The average molecular weight is 457 g/mol. The molecule has 0 aliphatic carbocycles. The molecule has 1 atom stereocenters. The molecule has 0 bridgehead atoms. The number of benzene rings is 2. The summed E-state index contributed by atoms with van der Waals surface area (Å²) in [5, 5.41) is -0.852. The zero-order chi connectivity index (χ0) is 22.7. The number of hydrogen-bond donors (Lipinski definition) is 0. The van der Waals surface area contributed by atoms with Crippen LogP contribution in [-0.4, -0.2) is 34.2 Å². The van der Waals surface area contributed by atoms with Gasteiger partial charge in [-0.25, -0.2) is 26.9 Å². The molecule has 6 nitrogen and oxygen atoms in total. The molecule has 3 aromatic rings. The number of aromatic nitrogens is 3. The summed E-state index contributed by atoms with van der Waals surface area (Å²) in [5.41, 5.74) is -3.44. The monoisotopic (exact) mass is 457 g/mol. The number of rotatable bonds is 9. The number of alkyl halides is 2. The second kappa shape index (κ2) is 8.75. The molecular weight excluding hydrogens is 438 g/mol. The van der Waals surface area contributed by atoms with Gasteiger partial charge in [-0.2, -0.15) is 13.9 Å². The van der Waals surface area contributed by atoms with E-state index in [4.69, 9.17) is 4.74 Å². The molecule has 0 saturated heterocycles. The number of sulfone groups is 1. The van der Waals surface area contributed by atoms with Gasteiger partial charge in [-0.05, 0) is 17.7 Å². The van der Waals surface area contributed by atoms with Crippen LogP contribution in [0.3, 0.4) is 0 Å². The van der Waals surface area contributed by atoms with Gasteiger partial charge >= 0.3 is 5.25 Å². The lowest BCUT2D eigenvalue weighted by atomic mass is 9.92. The van der Waals surface area contributed by atoms with Crippen LogP contribution in [0, 0.1) is 11.6 Å². The third kappa shape index (κ3) is 4.33. The minimum absolute atomic E-state index is 0.395. The van der Waals surface area contributed by atoms with Gasteiger partial charge in [0.15, 0.2) is 5.60 Å². The molecule has 1 aromatic heterocycles. The van der Waals surface area contributed by atoms with Crippen molar-refractivity contribution in [2.75, 3.05) is 5.75 Å². The largest absolute Gasteiger partial charge is 0.379 e. The normalized spacial score (nSPS) is 14.4. The van der Waals surface area contributed by atoms with E-state index in [0.29, 0.717) is 11.6 Å². The standard InChI is InChI=1S/C20H19F4N3O3S/c1-2-31(28,29)20(23,24)19(12-27-14-25-13-26-27,17-9-8-16(21)10-18(17)22)30-11-15-6-4-3-5-7-15/h3-10,13-14H,2,11-12H2,1H3. The quantitative estimate of drug-likeness (QED) is 0.458. The second-order valence-corrected chi connectivity index (χ2v) is 9.06. The van der Waals surface area contributed by atoms with Crippen LogP contribution < -0.4 is 0 Å². The molecule has 2 aromatic carbocycles. The predicted molar refractivity (Wildman–Crippen MR) is 104 cm³/mol. The Morgan fingerprint density at radius 3 is 2.39 bits per heavy atom. The topological polar surface area (TPSA) is 74.1 Å².